The van der Waals surface area contributed by atoms with E-state index in [2.05, 4.69) is 4.98 Å². The molecule has 0 radical (unpaired) electrons. The molecule has 0 fully saturated rings. The summed E-state index contributed by atoms with van der Waals surface area (Å²) >= 11 is 0. The zero-order chi connectivity index (χ0) is 16.8. The number of ether oxygens (including phenoxy) is 3. The molecule has 1 rings (SSSR count). The number of hydrogen-bond donors (Lipinski definition) is 0. The van der Waals surface area contributed by atoms with Gasteiger partial charge in [-0.3, -0.25) is 9.17 Å². The number of rotatable bonds is 9. The van der Waals surface area contributed by atoms with E-state index >= 15 is 0 Å². The van der Waals surface area contributed by atoms with E-state index in [1.165, 1.54) is 0 Å². The predicted octanol–water partition coefficient (Wildman–Crippen LogP) is 1.56. The molecule has 0 spiro atoms. The summed E-state index contributed by atoms with van der Waals surface area (Å²) in [5, 5.41) is 0. The van der Waals surface area contributed by atoms with Gasteiger partial charge in [0, 0.05) is 24.4 Å². The van der Waals surface area contributed by atoms with Crippen LogP contribution in [-0.4, -0.2) is 46.3 Å². The van der Waals surface area contributed by atoms with Gasteiger partial charge in [-0.2, -0.15) is 8.42 Å². The number of methoxy groups -OCH3 is 1. The van der Waals surface area contributed by atoms with Crippen molar-refractivity contribution in [3.05, 3.63) is 23.0 Å². The fourth-order valence-corrected chi connectivity index (χ4v) is 2.07. The van der Waals surface area contributed by atoms with Gasteiger partial charge in [0.25, 0.3) is 10.1 Å². The van der Waals surface area contributed by atoms with Crippen molar-refractivity contribution in [1.29, 1.82) is 0 Å². The lowest BCUT2D eigenvalue weighted by Crippen LogP contribution is -2.20. The van der Waals surface area contributed by atoms with Crippen molar-refractivity contribution >= 4 is 10.1 Å². The van der Waals surface area contributed by atoms with E-state index in [-0.39, 0.29) is 6.61 Å². The molecular formula is C14H23NO6S. The number of pyridine rings is 1. The Labute approximate surface area is 131 Å². The molecule has 0 aromatic carbocycles. The second-order valence-electron chi connectivity index (χ2n) is 4.86. The van der Waals surface area contributed by atoms with Gasteiger partial charge in [-0.05, 0) is 20.8 Å². The molecule has 1 unspecified atom stereocenters. The quantitative estimate of drug-likeness (QED) is 0.385. The summed E-state index contributed by atoms with van der Waals surface area (Å²) in [5.41, 5.74) is 2.07. The van der Waals surface area contributed by atoms with Crippen LogP contribution in [-0.2, 0) is 30.4 Å². The third kappa shape index (κ3) is 6.27. The molecule has 0 aliphatic carbocycles. The number of hydrogen-bond acceptors (Lipinski definition) is 7. The van der Waals surface area contributed by atoms with Crippen LogP contribution in [0.2, 0.25) is 0 Å². The smallest absolute Gasteiger partial charge is 0.264 e. The Morgan fingerprint density at radius 2 is 1.95 bits per heavy atom. The highest BCUT2D eigenvalue weighted by Gasteiger charge is 2.15. The van der Waals surface area contributed by atoms with Crippen LogP contribution in [0.4, 0.5) is 0 Å². The van der Waals surface area contributed by atoms with Crippen molar-refractivity contribution in [3.63, 3.8) is 0 Å². The van der Waals surface area contributed by atoms with Gasteiger partial charge in [-0.1, -0.05) is 0 Å². The molecular weight excluding hydrogens is 310 g/mol. The molecule has 126 valence electrons. The van der Waals surface area contributed by atoms with E-state index in [9.17, 15) is 8.42 Å². The van der Waals surface area contributed by atoms with E-state index in [0.29, 0.717) is 24.7 Å². The lowest BCUT2D eigenvalue weighted by Gasteiger charge is -2.19. The Balaban J connectivity index is 2.81. The molecule has 0 N–H and O–H groups in total. The monoisotopic (exact) mass is 333 g/mol. The molecule has 1 heterocycles. The molecule has 1 aromatic rings. The standard InChI is InChI=1S/C14H23NO6S/c1-10-8-15-13(9-20-22(5,16)17)11(2)14(10)21-12(3)19-7-6-18-4/h8,12H,6-7,9H2,1-5H3. The Morgan fingerprint density at radius 1 is 1.27 bits per heavy atom. The first-order chi connectivity index (χ1) is 10.2. The zero-order valence-corrected chi connectivity index (χ0v) is 14.4. The van der Waals surface area contributed by atoms with Gasteiger partial charge in [0.2, 0.25) is 0 Å². The van der Waals surface area contributed by atoms with Crippen LogP contribution < -0.4 is 4.74 Å². The summed E-state index contributed by atoms with van der Waals surface area (Å²) < 4.78 is 43.1. The summed E-state index contributed by atoms with van der Waals surface area (Å²) in [6, 6.07) is 0. The summed E-state index contributed by atoms with van der Waals surface area (Å²) in [6.07, 6.45) is 2.16. The van der Waals surface area contributed by atoms with Crippen molar-refractivity contribution in [2.24, 2.45) is 0 Å². The van der Waals surface area contributed by atoms with E-state index in [4.69, 9.17) is 18.4 Å². The highest BCUT2D eigenvalue weighted by atomic mass is 32.2. The minimum Gasteiger partial charge on any atom is -0.465 e. The molecule has 1 atom stereocenters. The van der Waals surface area contributed by atoms with E-state index < -0.39 is 16.4 Å². The van der Waals surface area contributed by atoms with Crippen molar-refractivity contribution in [2.45, 2.75) is 33.7 Å². The number of aromatic nitrogens is 1. The maximum Gasteiger partial charge on any atom is 0.264 e. The second-order valence-corrected chi connectivity index (χ2v) is 6.50. The zero-order valence-electron chi connectivity index (χ0n) is 13.6. The fraction of sp³-hybridized carbons (Fsp3) is 0.643. The highest BCUT2D eigenvalue weighted by Crippen LogP contribution is 2.26. The first kappa shape index (κ1) is 18.8. The molecule has 22 heavy (non-hydrogen) atoms. The van der Waals surface area contributed by atoms with Gasteiger partial charge in [0.15, 0.2) is 6.29 Å². The maximum atomic E-state index is 11.1. The summed E-state index contributed by atoms with van der Waals surface area (Å²) in [6.45, 7) is 6.22. The van der Waals surface area contributed by atoms with Gasteiger partial charge >= 0.3 is 0 Å². The van der Waals surface area contributed by atoms with E-state index in [0.717, 1.165) is 17.4 Å². The van der Waals surface area contributed by atoms with Crippen LogP contribution >= 0.6 is 0 Å². The lowest BCUT2D eigenvalue weighted by molar-refractivity contribution is -0.0802. The molecule has 0 amide bonds. The van der Waals surface area contributed by atoms with Crippen LogP contribution in [0.15, 0.2) is 6.20 Å². The summed E-state index contributed by atoms with van der Waals surface area (Å²) in [5.74, 6) is 0.618. The fourth-order valence-electron chi connectivity index (χ4n) is 1.74. The molecule has 0 aliphatic heterocycles. The number of nitrogens with zero attached hydrogens (tertiary/aromatic N) is 1. The van der Waals surface area contributed by atoms with Crippen molar-refractivity contribution in [2.75, 3.05) is 26.6 Å². The van der Waals surface area contributed by atoms with Gasteiger partial charge < -0.3 is 14.2 Å². The van der Waals surface area contributed by atoms with Crippen LogP contribution in [0.3, 0.4) is 0 Å². The molecule has 1 aromatic heterocycles. The van der Waals surface area contributed by atoms with Crippen molar-refractivity contribution in [1.82, 2.24) is 4.98 Å². The molecule has 0 aliphatic rings. The van der Waals surface area contributed by atoms with E-state index in [1.807, 2.05) is 6.92 Å². The topological polar surface area (TPSA) is 83.9 Å². The Morgan fingerprint density at radius 3 is 2.55 bits per heavy atom. The van der Waals surface area contributed by atoms with Crippen LogP contribution in [0.25, 0.3) is 0 Å². The molecule has 0 saturated carbocycles. The molecule has 7 nitrogen and oxygen atoms in total. The second kappa shape index (κ2) is 8.42. The van der Waals surface area contributed by atoms with Gasteiger partial charge in [-0.25, -0.2) is 0 Å². The first-order valence-electron chi connectivity index (χ1n) is 6.81. The van der Waals surface area contributed by atoms with Crippen LogP contribution in [0.5, 0.6) is 5.75 Å². The Kier molecular flexibility index (Phi) is 7.21. The lowest BCUT2D eigenvalue weighted by atomic mass is 10.1. The number of aryl methyl sites for hydroxylation is 1. The van der Waals surface area contributed by atoms with E-state index in [1.54, 1.807) is 27.2 Å². The summed E-state index contributed by atoms with van der Waals surface area (Å²) in [7, 11) is -1.92. The first-order valence-corrected chi connectivity index (χ1v) is 8.63. The largest absolute Gasteiger partial charge is 0.465 e. The molecule has 0 saturated heterocycles. The van der Waals surface area contributed by atoms with Gasteiger partial charge in [-0.15, -0.1) is 0 Å². The average molecular weight is 333 g/mol. The maximum absolute atomic E-state index is 11.1. The van der Waals surface area contributed by atoms with Crippen molar-refractivity contribution < 1.29 is 26.8 Å². The minimum absolute atomic E-state index is 0.125. The predicted molar refractivity (Wildman–Crippen MR) is 81.3 cm³/mol. The van der Waals surface area contributed by atoms with Crippen molar-refractivity contribution in [3.8, 4) is 5.75 Å². The SMILES string of the molecule is COCCOC(C)Oc1c(C)cnc(COS(C)(=O)=O)c1C. The van der Waals surface area contributed by atoms with Gasteiger partial charge in [0.05, 0.1) is 25.2 Å². The Bertz CT molecular complexity index is 587. The average Bonchev–Trinajstić information content (AvgIpc) is 2.42. The third-order valence-electron chi connectivity index (χ3n) is 2.88. The van der Waals surface area contributed by atoms with Gasteiger partial charge in [0.1, 0.15) is 12.4 Å². The normalized spacial score (nSPS) is 13.1. The molecule has 8 heteroatoms. The van der Waals surface area contributed by atoms with Crippen LogP contribution in [0, 0.1) is 13.8 Å². The molecule has 0 bridgehead atoms. The minimum atomic E-state index is -3.52. The highest BCUT2D eigenvalue weighted by molar-refractivity contribution is 7.85. The Hall–Kier alpha value is -1.22. The summed E-state index contributed by atoms with van der Waals surface area (Å²) in [4.78, 5) is 4.19. The van der Waals surface area contributed by atoms with Crippen LogP contribution in [0.1, 0.15) is 23.7 Å². The third-order valence-corrected chi connectivity index (χ3v) is 3.43.